The maximum atomic E-state index is 13.1. The first-order valence-corrected chi connectivity index (χ1v) is 6.00. The number of halogens is 3. The molecule has 17 heavy (non-hydrogen) atoms. The summed E-state index contributed by atoms with van der Waals surface area (Å²) in [4.78, 5) is 12.1. The summed E-state index contributed by atoms with van der Waals surface area (Å²) in [6.07, 6.45) is 0. The van der Waals surface area contributed by atoms with E-state index in [-0.39, 0.29) is 5.78 Å². The first-order chi connectivity index (χ1) is 8.08. The van der Waals surface area contributed by atoms with E-state index < -0.39 is 5.82 Å². The molecule has 2 rings (SSSR count). The summed E-state index contributed by atoms with van der Waals surface area (Å²) >= 11 is 8.97. The molecule has 0 unspecified atom stereocenters. The predicted octanol–water partition coefficient (Wildman–Crippen LogP) is 4.47. The summed E-state index contributed by atoms with van der Waals surface area (Å²) < 4.78 is 13.7. The van der Waals surface area contributed by atoms with Gasteiger partial charge in [-0.05, 0) is 42.5 Å². The van der Waals surface area contributed by atoms with Crippen LogP contribution in [0.15, 0.2) is 46.9 Å². The van der Waals surface area contributed by atoms with Crippen molar-refractivity contribution in [2.45, 2.75) is 0 Å². The monoisotopic (exact) mass is 312 g/mol. The molecule has 0 heterocycles. The van der Waals surface area contributed by atoms with Crippen LogP contribution in [0, 0.1) is 5.82 Å². The molecular formula is C13H7BrClFO. The third-order valence-electron chi connectivity index (χ3n) is 2.28. The zero-order valence-electron chi connectivity index (χ0n) is 8.58. The van der Waals surface area contributed by atoms with Crippen LogP contribution in [0.1, 0.15) is 15.9 Å². The van der Waals surface area contributed by atoms with Crippen molar-refractivity contribution >= 4 is 33.3 Å². The van der Waals surface area contributed by atoms with Gasteiger partial charge in [0, 0.05) is 20.6 Å². The van der Waals surface area contributed by atoms with Crippen LogP contribution in [0.2, 0.25) is 5.02 Å². The van der Waals surface area contributed by atoms with Gasteiger partial charge in [0.2, 0.25) is 0 Å². The number of hydrogen-bond donors (Lipinski definition) is 0. The molecule has 86 valence electrons. The molecule has 0 aromatic heterocycles. The van der Waals surface area contributed by atoms with Gasteiger partial charge in [0.05, 0.1) is 0 Å². The smallest absolute Gasteiger partial charge is 0.194 e. The lowest BCUT2D eigenvalue weighted by atomic mass is 10.0. The van der Waals surface area contributed by atoms with Crippen molar-refractivity contribution in [3.63, 3.8) is 0 Å². The van der Waals surface area contributed by atoms with Crippen LogP contribution < -0.4 is 0 Å². The molecule has 0 amide bonds. The van der Waals surface area contributed by atoms with Crippen LogP contribution in [0.3, 0.4) is 0 Å². The lowest BCUT2D eigenvalue weighted by Gasteiger charge is -2.04. The fourth-order valence-corrected chi connectivity index (χ4v) is 1.98. The molecule has 0 spiro atoms. The first-order valence-electron chi connectivity index (χ1n) is 4.83. The second-order valence-electron chi connectivity index (χ2n) is 3.46. The molecule has 0 atom stereocenters. The number of benzene rings is 2. The van der Waals surface area contributed by atoms with Crippen LogP contribution in [0.5, 0.6) is 0 Å². The standard InChI is InChI=1S/C13H7BrClFO/c14-12-6-5-10(16)7-11(12)13(17)8-1-3-9(15)4-2-8/h1-7H. The van der Waals surface area contributed by atoms with Gasteiger partial charge in [0.15, 0.2) is 5.78 Å². The highest BCUT2D eigenvalue weighted by Gasteiger charge is 2.13. The fraction of sp³-hybridized carbons (Fsp3) is 0. The van der Waals surface area contributed by atoms with Gasteiger partial charge in [-0.1, -0.05) is 27.5 Å². The molecule has 0 aliphatic carbocycles. The van der Waals surface area contributed by atoms with Gasteiger partial charge in [-0.15, -0.1) is 0 Å². The Morgan fingerprint density at radius 3 is 2.41 bits per heavy atom. The van der Waals surface area contributed by atoms with E-state index in [1.807, 2.05) is 0 Å². The van der Waals surface area contributed by atoms with E-state index in [1.54, 1.807) is 24.3 Å². The number of carbonyl (C=O) groups excluding carboxylic acids is 1. The van der Waals surface area contributed by atoms with Crippen LogP contribution >= 0.6 is 27.5 Å². The Balaban J connectivity index is 2.43. The molecule has 0 N–H and O–H groups in total. The van der Waals surface area contributed by atoms with E-state index >= 15 is 0 Å². The van der Waals surface area contributed by atoms with Gasteiger partial charge >= 0.3 is 0 Å². The van der Waals surface area contributed by atoms with Gasteiger partial charge in [-0.3, -0.25) is 4.79 Å². The molecule has 0 fully saturated rings. The molecule has 0 saturated heterocycles. The third kappa shape index (κ3) is 2.73. The average molecular weight is 314 g/mol. The van der Waals surface area contributed by atoms with Crippen LogP contribution in [-0.2, 0) is 0 Å². The molecule has 2 aromatic rings. The van der Waals surface area contributed by atoms with E-state index in [4.69, 9.17) is 11.6 Å². The predicted molar refractivity (Wildman–Crippen MR) is 69.0 cm³/mol. The SMILES string of the molecule is O=C(c1ccc(Cl)cc1)c1cc(F)ccc1Br. The lowest BCUT2D eigenvalue weighted by molar-refractivity contribution is 0.103. The summed E-state index contributed by atoms with van der Waals surface area (Å²) in [7, 11) is 0. The normalized spacial score (nSPS) is 10.3. The summed E-state index contributed by atoms with van der Waals surface area (Å²) in [6.45, 7) is 0. The molecule has 0 saturated carbocycles. The van der Waals surface area contributed by atoms with Crippen molar-refractivity contribution in [1.82, 2.24) is 0 Å². The van der Waals surface area contributed by atoms with Gasteiger partial charge in [0.1, 0.15) is 5.82 Å². The Bertz CT molecular complexity index is 566. The maximum Gasteiger partial charge on any atom is 0.194 e. The van der Waals surface area contributed by atoms with Crippen molar-refractivity contribution in [1.29, 1.82) is 0 Å². The van der Waals surface area contributed by atoms with Gasteiger partial charge in [-0.25, -0.2) is 4.39 Å². The Morgan fingerprint density at radius 1 is 1.12 bits per heavy atom. The minimum absolute atomic E-state index is 0.243. The first kappa shape index (κ1) is 12.3. The Morgan fingerprint density at radius 2 is 1.76 bits per heavy atom. The lowest BCUT2D eigenvalue weighted by Crippen LogP contribution is -2.02. The minimum atomic E-state index is -0.439. The molecule has 2 aromatic carbocycles. The number of hydrogen-bond acceptors (Lipinski definition) is 1. The Hall–Kier alpha value is -1.19. The van der Waals surface area contributed by atoms with Gasteiger partial charge in [-0.2, -0.15) is 0 Å². The highest BCUT2D eigenvalue weighted by molar-refractivity contribution is 9.10. The fourth-order valence-electron chi connectivity index (χ4n) is 1.43. The van der Waals surface area contributed by atoms with Crippen LogP contribution in [0.25, 0.3) is 0 Å². The molecule has 4 heteroatoms. The molecule has 0 bridgehead atoms. The minimum Gasteiger partial charge on any atom is -0.289 e. The van der Waals surface area contributed by atoms with Gasteiger partial charge < -0.3 is 0 Å². The molecule has 0 radical (unpaired) electrons. The summed E-state index contributed by atoms with van der Waals surface area (Å²) in [5.74, 6) is -0.682. The summed E-state index contributed by atoms with van der Waals surface area (Å²) in [5.41, 5.74) is 0.771. The summed E-state index contributed by atoms with van der Waals surface area (Å²) in [6, 6.07) is 10.5. The van der Waals surface area contributed by atoms with E-state index in [0.717, 1.165) is 0 Å². The van der Waals surface area contributed by atoms with E-state index in [2.05, 4.69) is 15.9 Å². The highest BCUT2D eigenvalue weighted by atomic mass is 79.9. The second kappa shape index (κ2) is 4.98. The van der Waals surface area contributed by atoms with Gasteiger partial charge in [0.25, 0.3) is 0 Å². The van der Waals surface area contributed by atoms with E-state index in [0.29, 0.717) is 20.6 Å². The zero-order chi connectivity index (χ0) is 12.4. The maximum absolute atomic E-state index is 13.1. The highest BCUT2D eigenvalue weighted by Crippen LogP contribution is 2.22. The van der Waals surface area contributed by atoms with Crippen molar-refractivity contribution in [2.24, 2.45) is 0 Å². The van der Waals surface area contributed by atoms with Crippen LogP contribution in [-0.4, -0.2) is 5.78 Å². The van der Waals surface area contributed by atoms with Crippen LogP contribution in [0.4, 0.5) is 4.39 Å². The Labute approximate surface area is 111 Å². The number of ketones is 1. The van der Waals surface area contributed by atoms with E-state index in [1.165, 1.54) is 18.2 Å². The van der Waals surface area contributed by atoms with Crippen molar-refractivity contribution < 1.29 is 9.18 Å². The number of rotatable bonds is 2. The summed E-state index contributed by atoms with van der Waals surface area (Å²) in [5, 5.41) is 0.555. The Kier molecular flexibility index (Phi) is 3.60. The zero-order valence-corrected chi connectivity index (χ0v) is 10.9. The molecule has 1 nitrogen and oxygen atoms in total. The quantitative estimate of drug-likeness (QED) is 0.748. The second-order valence-corrected chi connectivity index (χ2v) is 4.75. The molecule has 0 aliphatic heterocycles. The van der Waals surface area contributed by atoms with Crippen molar-refractivity contribution in [3.05, 3.63) is 68.9 Å². The van der Waals surface area contributed by atoms with Crippen molar-refractivity contribution in [2.75, 3.05) is 0 Å². The van der Waals surface area contributed by atoms with E-state index in [9.17, 15) is 9.18 Å². The van der Waals surface area contributed by atoms with Crippen molar-refractivity contribution in [3.8, 4) is 0 Å². The number of carbonyl (C=O) groups is 1. The average Bonchev–Trinajstić information content (AvgIpc) is 2.32. The largest absolute Gasteiger partial charge is 0.289 e. The molecule has 0 aliphatic rings. The molecular weight excluding hydrogens is 306 g/mol. The topological polar surface area (TPSA) is 17.1 Å². The third-order valence-corrected chi connectivity index (χ3v) is 3.22.